The first-order chi connectivity index (χ1) is 22.8. The van der Waals surface area contributed by atoms with E-state index >= 15 is 0 Å². The maximum atomic E-state index is 2.46. The summed E-state index contributed by atoms with van der Waals surface area (Å²) in [6.07, 6.45) is 2.16. The molecular formula is C44H32PSi. The Morgan fingerprint density at radius 1 is 0.370 bits per heavy atom. The molecule has 0 fully saturated rings. The Balaban J connectivity index is 1.29. The maximum absolute atomic E-state index is 2.46. The highest BCUT2D eigenvalue weighted by Gasteiger charge is 2.30. The molecule has 0 atom stereocenters. The third kappa shape index (κ3) is 4.62. The zero-order valence-electron chi connectivity index (χ0n) is 25.5. The van der Waals surface area contributed by atoms with Gasteiger partial charge in [-0.05, 0) is 82.6 Å². The third-order valence-corrected chi connectivity index (χ3v) is 15.2. The van der Waals surface area contributed by atoms with E-state index in [0.29, 0.717) is 0 Å². The molecule has 9 rings (SSSR count). The van der Waals surface area contributed by atoms with Gasteiger partial charge in [-0.25, -0.2) is 0 Å². The molecule has 0 spiro atoms. The fourth-order valence-corrected chi connectivity index (χ4v) is 13.7. The number of benzene rings is 8. The van der Waals surface area contributed by atoms with Crippen molar-refractivity contribution in [2.24, 2.45) is 0 Å². The standard InChI is InChI=1S/C44H32PSi/c1-2-17-36(18-3-1)46(41-24-12-16-31-13-4-7-19-37(31)41)42-23-11-10-22-40(42)45-29-34-27-25-32-14-5-8-20-38(32)43(34)44-35(30-45)28-26-33-15-6-9-21-39(33)44/h1-28H,29-30H2. The smallest absolute Gasteiger partial charge is 0.0664 e. The minimum atomic E-state index is -1.30. The van der Waals surface area contributed by atoms with Gasteiger partial charge in [0.25, 0.3) is 0 Å². The lowest BCUT2D eigenvalue weighted by Gasteiger charge is -2.26. The Labute approximate surface area is 273 Å². The van der Waals surface area contributed by atoms with Crippen molar-refractivity contribution in [3.05, 3.63) is 181 Å². The first kappa shape index (κ1) is 27.5. The lowest BCUT2D eigenvalue weighted by Crippen LogP contribution is -2.56. The van der Waals surface area contributed by atoms with Crippen LogP contribution in [-0.2, 0) is 12.3 Å². The van der Waals surface area contributed by atoms with Crippen molar-refractivity contribution in [1.82, 2.24) is 0 Å². The highest BCUT2D eigenvalue weighted by Crippen LogP contribution is 2.52. The molecule has 1 heterocycles. The average molecular weight is 620 g/mol. The number of rotatable bonds is 4. The number of hydrogen-bond donors (Lipinski definition) is 0. The zero-order valence-corrected chi connectivity index (χ0v) is 27.4. The molecule has 0 aliphatic carbocycles. The lowest BCUT2D eigenvalue weighted by atomic mass is 9.88. The monoisotopic (exact) mass is 619 g/mol. The first-order valence-corrected chi connectivity index (χ1v) is 19.3. The van der Waals surface area contributed by atoms with Gasteiger partial charge >= 0.3 is 0 Å². The molecule has 0 bridgehead atoms. The van der Waals surface area contributed by atoms with Crippen molar-refractivity contribution >= 4 is 69.9 Å². The lowest BCUT2D eigenvalue weighted by molar-refractivity contribution is 1.40. The van der Waals surface area contributed by atoms with Gasteiger partial charge in [0.2, 0.25) is 0 Å². The van der Waals surface area contributed by atoms with Gasteiger partial charge in [0.15, 0.2) is 8.80 Å². The van der Waals surface area contributed by atoms with E-state index in [1.165, 1.54) is 70.1 Å². The van der Waals surface area contributed by atoms with Gasteiger partial charge < -0.3 is 0 Å². The average Bonchev–Trinajstić information content (AvgIpc) is 3.30. The maximum Gasteiger partial charge on any atom is 0.156 e. The summed E-state index contributed by atoms with van der Waals surface area (Å²) in [6, 6.07) is 64.1. The molecule has 0 saturated carbocycles. The summed E-state index contributed by atoms with van der Waals surface area (Å²) in [5.74, 6) is 0. The predicted molar refractivity (Wildman–Crippen MR) is 202 cm³/mol. The second-order valence-corrected chi connectivity index (χ2v) is 16.9. The molecule has 0 nitrogen and oxygen atoms in total. The normalized spacial score (nSPS) is 13.2. The largest absolute Gasteiger partial charge is 0.156 e. The summed E-state index contributed by atoms with van der Waals surface area (Å²) in [4.78, 5) is 0. The quantitative estimate of drug-likeness (QED) is 0.105. The molecule has 1 radical (unpaired) electrons. The van der Waals surface area contributed by atoms with Gasteiger partial charge in [-0.2, -0.15) is 0 Å². The van der Waals surface area contributed by atoms with E-state index in [2.05, 4.69) is 170 Å². The molecule has 1 aliphatic rings. The molecule has 0 unspecified atom stereocenters. The zero-order chi connectivity index (χ0) is 30.5. The van der Waals surface area contributed by atoms with Crippen LogP contribution in [0.5, 0.6) is 0 Å². The summed E-state index contributed by atoms with van der Waals surface area (Å²) < 4.78 is 0. The molecule has 2 heteroatoms. The van der Waals surface area contributed by atoms with Crippen LogP contribution in [0.1, 0.15) is 11.1 Å². The molecule has 0 amide bonds. The van der Waals surface area contributed by atoms with Gasteiger partial charge in [-0.1, -0.05) is 183 Å². The highest BCUT2D eigenvalue weighted by molar-refractivity contribution is 7.64. The molecule has 0 N–H and O–H groups in total. The minimum absolute atomic E-state index is 0.529. The second-order valence-electron chi connectivity index (χ2n) is 12.3. The fourth-order valence-electron chi connectivity index (χ4n) is 7.59. The van der Waals surface area contributed by atoms with Crippen molar-refractivity contribution in [2.45, 2.75) is 12.3 Å². The summed E-state index contributed by atoms with van der Waals surface area (Å²) in [5.41, 5.74) is 5.84. The van der Waals surface area contributed by atoms with Crippen molar-refractivity contribution in [1.29, 1.82) is 0 Å². The summed E-state index contributed by atoms with van der Waals surface area (Å²) in [5, 5.41) is 14.1. The van der Waals surface area contributed by atoms with E-state index in [1.807, 2.05) is 0 Å². The van der Waals surface area contributed by atoms with Gasteiger partial charge in [0.1, 0.15) is 0 Å². The van der Waals surface area contributed by atoms with Crippen LogP contribution in [0.2, 0.25) is 0 Å². The fraction of sp³-hybridized carbons (Fsp3) is 0.0455. The third-order valence-electron chi connectivity index (χ3n) is 9.64. The van der Waals surface area contributed by atoms with Crippen molar-refractivity contribution in [3.8, 4) is 11.1 Å². The van der Waals surface area contributed by atoms with Gasteiger partial charge in [-0.3, -0.25) is 0 Å². The Bertz CT molecular complexity index is 2300. The molecule has 217 valence electrons. The molecule has 46 heavy (non-hydrogen) atoms. The van der Waals surface area contributed by atoms with E-state index in [-0.39, 0.29) is 0 Å². The second kappa shape index (κ2) is 11.5. The Morgan fingerprint density at radius 3 is 1.50 bits per heavy atom. The Morgan fingerprint density at radius 2 is 0.848 bits per heavy atom. The van der Waals surface area contributed by atoms with E-state index in [4.69, 9.17) is 0 Å². The van der Waals surface area contributed by atoms with E-state index in [0.717, 1.165) is 12.3 Å². The van der Waals surface area contributed by atoms with Crippen LogP contribution in [0.25, 0.3) is 43.4 Å². The van der Waals surface area contributed by atoms with Crippen molar-refractivity contribution < 1.29 is 0 Å². The SMILES string of the molecule is c1ccc([Si](c2ccccc2P2Cc3ccc4ccccc4c3-c3c(ccc4ccccc34)C2)c2cccc3ccccc23)cc1. The van der Waals surface area contributed by atoms with Gasteiger partial charge in [0, 0.05) is 0 Å². The van der Waals surface area contributed by atoms with Crippen molar-refractivity contribution in [2.75, 3.05) is 0 Å². The van der Waals surface area contributed by atoms with Crippen LogP contribution < -0.4 is 20.9 Å². The first-order valence-electron chi connectivity index (χ1n) is 16.1. The highest BCUT2D eigenvalue weighted by atomic mass is 31.1. The molecule has 8 aromatic carbocycles. The predicted octanol–water partition coefficient (Wildman–Crippen LogP) is 9.15. The Kier molecular flexibility index (Phi) is 6.89. The number of hydrogen-bond acceptors (Lipinski definition) is 0. The molecule has 1 aliphatic heterocycles. The molecule has 0 saturated heterocycles. The van der Waals surface area contributed by atoms with Crippen LogP contribution in [0.4, 0.5) is 0 Å². The summed E-state index contributed by atoms with van der Waals surface area (Å²) in [6.45, 7) is 0. The minimum Gasteiger partial charge on any atom is -0.0664 e. The molecule has 8 aromatic rings. The van der Waals surface area contributed by atoms with Gasteiger partial charge in [0.05, 0.1) is 0 Å². The topological polar surface area (TPSA) is 0 Å². The van der Waals surface area contributed by atoms with Crippen LogP contribution in [-0.4, -0.2) is 8.80 Å². The van der Waals surface area contributed by atoms with Crippen LogP contribution in [0.3, 0.4) is 0 Å². The van der Waals surface area contributed by atoms with Crippen molar-refractivity contribution in [3.63, 3.8) is 0 Å². The van der Waals surface area contributed by atoms with Crippen LogP contribution in [0, 0.1) is 0 Å². The van der Waals surface area contributed by atoms with E-state index in [9.17, 15) is 0 Å². The summed E-state index contributed by atoms with van der Waals surface area (Å²) in [7, 11) is -1.83. The summed E-state index contributed by atoms with van der Waals surface area (Å²) >= 11 is 0. The van der Waals surface area contributed by atoms with E-state index in [1.54, 1.807) is 5.30 Å². The van der Waals surface area contributed by atoms with Gasteiger partial charge in [-0.15, -0.1) is 0 Å². The molecular weight excluding hydrogens is 588 g/mol. The van der Waals surface area contributed by atoms with Crippen LogP contribution in [0.15, 0.2) is 170 Å². The van der Waals surface area contributed by atoms with Crippen LogP contribution >= 0.6 is 7.92 Å². The Hall–Kier alpha value is -4.81. The number of fused-ring (bicyclic) bond motifs is 8. The molecule has 0 aromatic heterocycles. The van der Waals surface area contributed by atoms with E-state index < -0.39 is 16.7 Å².